The molecule has 0 unspecified atom stereocenters. The Kier molecular flexibility index (Phi) is 3.60. The van der Waals surface area contributed by atoms with Crippen LogP contribution < -0.4 is 0 Å². The van der Waals surface area contributed by atoms with Gasteiger partial charge >= 0.3 is 5.97 Å². The first-order chi connectivity index (χ1) is 16.1. The van der Waals surface area contributed by atoms with Gasteiger partial charge in [0.2, 0.25) is 0 Å². The molecule has 0 saturated carbocycles. The summed E-state index contributed by atoms with van der Waals surface area (Å²) in [5.41, 5.74) is 0.340. The van der Waals surface area contributed by atoms with E-state index in [-0.39, 0.29) is 0 Å². The third kappa shape index (κ3) is 2.78. The summed E-state index contributed by atoms with van der Waals surface area (Å²) in [6.45, 7) is 0. The highest BCUT2D eigenvalue weighted by Gasteiger charge is 2.10. The summed E-state index contributed by atoms with van der Waals surface area (Å²) in [4.78, 5) is 11.7. The van der Waals surface area contributed by atoms with Gasteiger partial charge in [-0.3, -0.25) is 0 Å². The minimum Gasteiger partial charge on any atom is -0.478 e. The molecule has 0 saturated heterocycles. The minimum absolute atomic E-state index is 0.340. The zero-order valence-electron chi connectivity index (χ0n) is 17.7. The monoisotopic (exact) mass is 422 g/mol. The fourth-order valence-electron chi connectivity index (χ4n) is 5.16. The maximum Gasteiger partial charge on any atom is 0.336 e. The highest BCUT2D eigenvalue weighted by atomic mass is 16.4. The van der Waals surface area contributed by atoms with Crippen LogP contribution in [0.4, 0.5) is 0 Å². The molecule has 7 rings (SSSR count). The first-order valence-corrected chi connectivity index (χ1v) is 11.0. The Balaban J connectivity index is 1.52. The number of carbonyl (C=O) groups is 1. The van der Waals surface area contributed by atoms with E-state index in [0.29, 0.717) is 5.56 Å². The van der Waals surface area contributed by atoms with Crippen LogP contribution in [0.5, 0.6) is 0 Å². The average Bonchev–Trinajstić information content (AvgIpc) is 2.82. The van der Waals surface area contributed by atoms with Crippen LogP contribution in [-0.4, -0.2) is 11.1 Å². The van der Waals surface area contributed by atoms with E-state index in [1.807, 2.05) is 12.1 Å². The molecule has 0 aliphatic rings. The zero-order valence-corrected chi connectivity index (χ0v) is 17.7. The second kappa shape index (κ2) is 6.54. The Labute approximate surface area is 189 Å². The third-order valence-electron chi connectivity index (χ3n) is 6.80. The molecule has 2 heteroatoms. The smallest absolute Gasteiger partial charge is 0.336 e. The molecule has 7 aromatic rings. The van der Waals surface area contributed by atoms with Crippen molar-refractivity contribution in [1.29, 1.82) is 0 Å². The summed E-state index contributed by atoms with van der Waals surface area (Å²) >= 11 is 0. The quantitative estimate of drug-likeness (QED) is 0.270. The molecule has 0 fully saturated rings. The van der Waals surface area contributed by atoms with Crippen molar-refractivity contribution in [2.24, 2.45) is 0 Å². The topological polar surface area (TPSA) is 37.3 Å². The first-order valence-electron chi connectivity index (χ1n) is 11.0. The summed E-state index contributed by atoms with van der Waals surface area (Å²) in [6.07, 6.45) is 0. The number of carboxylic acid groups (broad SMARTS) is 1. The molecule has 0 atom stereocenters. The van der Waals surface area contributed by atoms with Gasteiger partial charge in [-0.2, -0.15) is 0 Å². The number of benzene rings is 7. The Morgan fingerprint density at radius 1 is 0.424 bits per heavy atom. The summed E-state index contributed by atoms with van der Waals surface area (Å²) < 4.78 is 0. The van der Waals surface area contributed by atoms with Gasteiger partial charge in [-0.15, -0.1) is 0 Å². The van der Waals surface area contributed by atoms with Crippen LogP contribution in [0, 0.1) is 0 Å². The van der Waals surface area contributed by atoms with E-state index >= 15 is 0 Å². The van der Waals surface area contributed by atoms with Crippen molar-refractivity contribution >= 4 is 70.6 Å². The van der Waals surface area contributed by atoms with Crippen LogP contribution in [-0.2, 0) is 0 Å². The lowest BCUT2D eigenvalue weighted by atomic mass is 9.94. The summed E-state index contributed by atoms with van der Waals surface area (Å²) in [7, 11) is 0. The number of aromatic carboxylic acids is 1. The SMILES string of the molecule is O=C(O)c1cccc2cc3cc4cc5cc6cc7ccccc7cc6cc5cc4cc3cc12. The molecule has 0 amide bonds. The van der Waals surface area contributed by atoms with Crippen molar-refractivity contribution in [3.05, 3.63) is 109 Å². The first kappa shape index (κ1) is 18.2. The van der Waals surface area contributed by atoms with E-state index in [2.05, 4.69) is 78.9 Å². The Bertz CT molecular complexity index is 1950. The summed E-state index contributed by atoms with van der Waals surface area (Å²) in [5, 5.41) is 23.2. The molecule has 1 N–H and O–H groups in total. The highest BCUT2D eigenvalue weighted by Crippen LogP contribution is 2.33. The van der Waals surface area contributed by atoms with Gasteiger partial charge in [0.05, 0.1) is 5.56 Å². The lowest BCUT2D eigenvalue weighted by Gasteiger charge is -2.10. The lowest BCUT2D eigenvalue weighted by Crippen LogP contribution is -1.97. The fourth-order valence-corrected chi connectivity index (χ4v) is 5.16. The predicted molar refractivity (Wildman–Crippen MR) is 138 cm³/mol. The molecule has 0 heterocycles. The highest BCUT2D eigenvalue weighted by molar-refractivity contribution is 6.13. The van der Waals surface area contributed by atoms with Crippen molar-refractivity contribution in [2.75, 3.05) is 0 Å². The van der Waals surface area contributed by atoms with Gasteiger partial charge < -0.3 is 5.11 Å². The summed E-state index contributed by atoms with van der Waals surface area (Å²) in [6, 6.07) is 36.0. The fraction of sp³-hybridized carbons (Fsp3) is 0. The van der Waals surface area contributed by atoms with Crippen LogP contribution in [0.25, 0.3) is 64.6 Å². The Morgan fingerprint density at radius 2 is 0.788 bits per heavy atom. The molecule has 7 aromatic carbocycles. The molecule has 0 spiro atoms. The van der Waals surface area contributed by atoms with Gasteiger partial charge in [0.1, 0.15) is 0 Å². The molecule has 0 bridgehead atoms. The van der Waals surface area contributed by atoms with E-state index in [4.69, 9.17) is 0 Å². The molecular formula is C31H18O2. The standard InChI is InChI=1S/C31H18O2/c32-31(33)29-7-3-6-20-10-23-13-26-14-24-11-21-8-18-4-1-2-5-19(18)9-22(21)12-25(24)15-27(26)16-28(23)17-30(20)29/h1-17H,(H,32,33). The van der Waals surface area contributed by atoms with E-state index in [9.17, 15) is 9.90 Å². The molecule has 0 aromatic heterocycles. The maximum absolute atomic E-state index is 11.7. The number of hydrogen-bond donors (Lipinski definition) is 1. The average molecular weight is 422 g/mol. The minimum atomic E-state index is -0.897. The Morgan fingerprint density at radius 3 is 1.24 bits per heavy atom. The largest absolute Gasteiger partial charge is 0.478 e. The molecule has 0 aliphatic heterocycles. The van der Waals surface area contributed by atoms with Crippen LogP contribution in [0.15, 0.2) is 103 Å². The van der Waals surface area contributed by atoms with E-state index in [1.54, 1.807) is 12.1 Å². The molecule has 0 radical (unpaired) electrons. The van der Waals surface area contributed by atoms with E-state index in [0.717, 1.165) is 26.9 Å². The number of rotatable bonds is 1. The van der Waals surface area contributed by atoms with Crippen molar-refractivity contribution in [2.45, 2.75) is 0 Å². The van der Waals surface area contributed by atoms with Crippen molar-refractivity contribution in [3.63, 3.8) is 0 Å². The van der Waals surface area contributed by atoms with Gasteiger partial charge in [-0.05, 0) is 131 Å². The van der Waals surface area contributed by atoms with Crippen LogP contribution in [0.3, 0.4) is 0 Å². The number of hydrogen-bond acceptors (Lipinski definition) is 1. The van der Waals surface area contributed by atoms with Crippen molar-refractivity contribution in [3.8, 4) is 0 Å². The van der Waals surface area contributed by atoms with Crippen molar-refractivity contribution in [1.82, 2.24) is 0 Å². The second-order valence-electron chi connectivity index (χ2n) is 8.83. The van der Waals surface area contributed by atoms with Crippen molar-refractivity contribution < 1.29 is 9.90 Å². The van der Waals surface area contributed by atoms with Gasteiger partial charge in [-0.1, -0.05) is 36.4 Å². The van der Waals surface area contributed by atoms with Gasteiger partial charge in [0, 0.05) is 0 Å². The predicted octanol–water partition coefficient (Wildman–Crippen LogP) is 8.30. The van der Waals surface area contributed by atoms with Crippen LogP contribution >= 0.6 is 0 Å². The molecule has 33 heavy (non-hydrogen) atoms. The molecule has 154 valence electrons. The lowest BCUT2D eigenvalue weighted by molar-refractivity contribution is 0.0699. The number of fused-ring (bicyclic) bond motifs is 6. The molecule has 0 aliphatic carbocycles. The van der Waals surface area contributed by atoms with Crippen LogP contribution in [0.1, 0.15) is 10.4 Å². The van der Waals surface area contributed by atoms with Crippen LogP contribution in [0.2, 0.25) is 0 Å². The van der Waals surface area contributed by atoms with Gasteiger partial charge in [0.25, 0.3) is 0 Å². The van der Waals surface area contributed by atoms with E-state index < -0.39 is 5.97 Å². The van der Waals surface area contributed by atoms with Gasteiger partial charge in [0.15, 0.2) is 0 Å². The third-order valence-corrected chi connectivity index (χ3v) is 6.80. The van der Waals surface area contributed by atoms with Gasteiger partial charge in [-0.25, -0.2) is 4.79 Å². The second-order valence-corrected chi connectivity index (χ2v) is 8.83. The summed E-state index contributed by atoms with van der Waals surface area (Å²) in [5.74, 6) is -0.897. The Hall–Kier alpha value is -4.43. The number of carboxylic acids is 1. The molecule has 2 nitrogen and oxygen atoms in total. The normalized spacial score (nSPS) is 11.9. The van der Waals surface area contributed by atoms with E-state index in [1.165, 1.54) is 37.7 Å². The maximum atomic E-state index is 11.7. The zero-order chi connectivity index (χ0) is 22.1. The molecular weight excluding hydrogens is 404 g/mol.